The van der Waals surface area contributed by atoms with Crippen molar-refractivity contribution in [1.82, 2.24) is 5.32 Å². The molecule has 2 atom stereocenters. The zero-order valence-corrected chi connectivity index (χ0v) is 12.1. The van der Waals surface area contributed by atoms with Crippen molar-refractivity contribution in [3.8, 4) is 5.75 Å². The summed E-state index contributed by atoms with van der Waals surface area (Å²) in [5, 5.41) is 2.71. The van der Waals surface area contributed by atoms with Gasteiger partial charge in [-0.2, -0.15) is 8.78 Å². The average molecular weight is 319 g/mol. The Kier molecular flexibility index (Phi) is 5.26. The molecule has 0 heterocycles. The van der Waals surface area contributed by atoms with E-state index in [0.717, 1.165) is 25.7 Å². The molecule has 1 N–H and O–H groups in total. The Morgan fingerprint density at radius 2 is 1.77 bits per heavy atom. The van der Waals surface area contributed by atoms with Gasteiger partial charge in [-0.25, -0.2) is 8.78 Å². The highest BCUT2D eigenvalue weighted by Gasteiger charge is 2.24. The van der Waals surface area contributed by atoms with Crippen LogP contribution in [0.3, 0.4) is 0 Å². The zero-order valence-electron chi connectivity index (χ0n) is 12.1. The van der Waals surface area contributed by atoms with Gasteiger partial charge in [0.15, 0.2) is 24.0 Å². The molecule has 22 heavy (non-hydrogen) atoms. The standard InChI is InChI=1S/C15H17F4NO2/c1-8-4-2-3-5-11(8)20-12(21)7-22-15-13(18)9(16)6-10(17)14(15)19/h6,8,11H,2-5,7H2,1H3,(H,20,21)/t8-,11+/m1/s1. The zero-order chi connectivity index (χ0) is 16.3. The molecule has 1 amide bonds. The van der Waals surface area contributed by atoms with Crippen LogP contribution in [0.4, 0.5) is 17.6 Å². The summed E-state index contributed by atoms with van der Waals surface area (Å²) in [5.41, 5.74) is 0. The second kappa shape index (κ2) is 6.98. The van der Waals surface area contributed by atoms with Gasteiger partial charge < -0.3 is 10.1 Å². The molecule has 0 aromatic heterocycles. The fraction of sp³-hybridized carbons (Fsp3) is 0.533. The predicted molar refractivity (Wildman–Crippen MR) is 71.3 cm³/mol. The summed E-state index contributed by atoms with van der Waals surface area (Å²) in [6, 6.07) is 0.0604. The summed E-state index contributed by atoms with van der Waals surface area (Å²) in [4.78, 5) is 11.8. The third-order valence-electron chi connectivity index (χ3n) is 3.88. The van der Waals surface area contributed by atoms with Crippen LogP contribution in [0.25, 0.3) is 0 Å². The second-order valence-electron chi connectivity index (χ2n) is 5.52. The maximum Gasteiger partial charge on any atom is 0.258 e. The molecule has 0 radical (unpaired) electrons. The van der Waals surface area contributed by atoms with E-state index >= 15 is 0 Å². The fourth-order valence-corrected chi connectivity index (χ4v) is 2.59. The summed E-state index contributed by atoms with van der Waals surface area (Å²) in [6.07, 6.45) is 3.91. The molecule has 0 bridgehead atoms. The minimum atomic E-state index is -1.65. The molecule has 3 nitrogen and oxygen atoms in total. The van der Waals surface area contributed by atoms with Crippen molar-refractivity contribution in [2.45, 2.75) is 38.6 Å². The van der Waals surface area contributed by atoms with Crippen molar-refractivity contribution in [2.24, 2.45) is 5.92 Å². The largest absolute Gasteiger partial charge is 0.477 e. The van der Waals surface area contributed by atoms with Gasteiger partial charge in [0.25, 0.3) is 5.91 Å². The summed E-state index contributed by atoms with van der Waals surface area (Å²) in [5.74, 6) is -7.95. The number of nitrogens with one attached hydrogen (secondary N) is 1. The molecule has 122 valence electrons. The lowest BCUT2D eigenvalue weighted by Crippen LogP contribution is -2.43. The van der Waals surface area contributed by atoms with Crippen LogP contribution in [0.5, 0.6) is 5.75 Å². The van der Waals surface area contributed by atoms with Crippen molar-refractivity contribution in [3.05, 3.63) is 29.3 Å². The normalized spacial score (nSPS) is 21.5. The van der Waals surface area contributed by atoms with E-state index in [-0.39, 0.29) is 12.1 Å². The van der Waals surface area contributed by atoms with Crippen molar-refractivity contribution in [2.75, 3.05) is 6.61 Å². The highest BCUT2D eigenvalue weighted by molar-refractivity contribution is 5.77. The topological polar surface area (TPSA) is 38.3 Å². The van der Waals surface area contributed by atoms with Gasteiger partial charge in [-0.1, -0.05) is 19.8 Å². The molecular formula is C15H17F4NO2. The molecule has 1 aromatic rings. The summed E-state index contributed by atoms with van der Waals surface area (Å²) < 4.78 is 57.4. The van der Waals surface area contributed by atoms with E-state index in [1.54, 1.807) is 0 Å². The van der Waals surface area contributed by atoms with Crippen LogP contribution >= 0.6 is 0 Å². The number of ether oxygens (including phenoxy) is 1. The molecule has 0 saturated heterocycles. The van der Waals surface area contributed by atoms with Crippen LogP contribution in [0.15, 0.2) is 6.07 Å². The minimum absolute atomic E-state index is 0.0243. The molecule has 0 unspecified atom stereocenters. The van der Waals surface area contributed by atoms with Crippen LogP contribution < -0.4 is 10.1 Å². The lowest BCUT2D eigenvalue weighted by molar-refractivity contribution is -0.124. The Labute approximate surface area is 125 Å². The molecule has 1 aliphatic carbocycles. The van der Waals surface area contributed by atoms with Gasteiger partial charge >= 0.3 is 0 Å². The van der Waals surface area contributed by atoms with Gasteiger partial charge in [0.2, 0.25) is 11.6 Å². The number of halogens is 4. The maximum atomic E-state index is 13.4. The Bertz CT molecular complexity index is 539. The molecule has 1 aliphatic rings. The van der Waals surface area contributed by atoms with E-state index in [0.29, 0.717) is 5.92 Å². The van der Waals surface area contributed by atoms with Crippen LogP contribution in [0, 0.1) is 29.2 Å². The first-order valence-corrected chi connectivity index (χ1v) is 7.15. The SMILES string of the molecule is C[C@@H]1CCCC[C@@H]1NC(=O)COc1c(F)c(F)cc(F)c1F. The highest BCUT2D eigenvalue weighted by Crippen LogP contribution is 2.26. The number of carbonyl (C=O) groups excluding carboxylic acids is 1. The number of hydrogen-bond acceptors (Lipinski definition) is 2. The third kappa shape index (κ3) is 3.69. The first kappa shape index (κ1) is 16.6. The number of hydrogen-bond donors (Lipinski definition) is 1. The van der Waals surface area contributed by atoms with Gasteiger partial charge in [0.1, 0.15) is 0 Å². The number of rotatable bonds is 4. The lowest BCUT2D eigenvalue weighted by Gasteiger charge is -2.29. The minimum Gasteiger partial charge on any atom is -0.477 e. The summed E-state index contributed by atoms with van der Waals surface area (Å²) >= 11 is 0. The molecule has 0 spiro atoms. The van der Waals surface area contributed by atoms with Gasteiger partial charge in [-0.3, -0.25) is 4.79 Å². The second-order valence-corrected chi connectivity index (χ2v) is 5.52. The van der Waals surface area contributed by atoms with Gasteiger partial charge in [0, 0.05) is 12.1 Å². The number of amides is 1. The Morgan fingerprint density at radius 3 is 2.36 bits per heavy atom. The molecule has 0 aliphatic heterocycles. The predicted octanol–water partition coefficient (Wildman–Crippen LogP) is 3.32. The van der Waals surface area contributed by atoms with Gasteiger partial charge in [0.05, 0.1) is 0 Å². The van der Waals surface area contributed by atoms with Crippen LogP contribution in [0.2, 0.25) is 0 Å². The average Bonchev–Trinajstić information content (AvgIpc) is 2.47. The summed E-state index contributed by atoms with van der Waals surface area (Å²) in [6.45, 7) is 1.30. The van der Waals surface area contributed by atoms with Crippen molar-refractivity contribution >= 4 is 5.91 Å². The van der Waals surface area contributed by atoms with Gasteiger partial charge in [-0.15, -0.1) is 0 Å². The van der Waals surface area contributed by atoms with E-state index in [4.69, 9.17) is 0 Å². The fourth-order valence-electron chi connectivity index (χ4n) is 2.59. The first-order chi connectivity index (χ1) is 10.4. The smallest absolute Gasteiger partial charge is 0.258 e. The Balaban J connectivity index is 1.97. The van der Waals surface area contributed by atoms with E-state index in [2.05, 4.69) is 10.1 Å². The monoisotopic (exact) mass is 319 g/mol. The third-order valence-corrected chi connectivity index (χ3v) is 3.88. The maximum absolute atomic E-state index is 13.4. The lowest BCUT2D eigenvalue weighted by atomic mass is 9.86. The quantitative estimate of drug-likeness (QED) is 0.683. The van der Waals surface area contributed by atoms with E-state index in [9.17, 15) is 22.4 Å². The van der Waals surface area contributed by atoms with Crippen LogP contribution in [0.1, 0.15) is 32.6 Å². The molecule has 1 fully saturated rings. The van der Waals surface area contributed by atoms with Crippen LogP contribution in [-0.2, 0) is 4.79 Å². The Hall–Kier alpha value is -1.79. The molecular weight excluding hydrogens is 302 g/mol. The molecule has 2 rings (SSSR count). The van der Waals surface area contributed by atoms with Gasteiger partial charge in [-0.05, 0) is 18.8 Å². The summed E-state index contributed by atoms with van der Waals surface area (Å²) in [7, 11) is 0. The number of benzene rings is 1. The molecule has 1 saturated carbocycles. The van der Waals surface area contributed by atoms with E-state index in [1.165, 1.54) is 0 Å². The van der Waals surface area contributed by atoms with E-state index in [1.807, 2.05) is 6.92 Å². The first-order valence-electron chi connectivity index (χ1n) is 7.15. The van der Waals surface area contributed by atoms with Crippen LogP contribution in [-0.4, -0.2) is 18.6 Å². The van der Waals surface area contributed by atoms with Crippen molar-refractivity contribution in [1.29, 1.82) is 0 Å². The molecule has 1 aromatic carbocycles. The van der Waals surface area contributed by atoms with E-state index < -0.39 is 41.5 Å². The van der Waals surface area contributed by atoms with Crippen molar-refractivity contribution in [3.63, 3.8) is 0 Å². The number of carbonyl (C=O) groups is 1. The van der Waals surface area contributed by atoms with Crippen molar-refractivity contribution < 1.29 is 27.1 Å². The molecule has 7 heteroatoms. The highest BCUT2D eigenvalue weighted by atomic mass is 19.2. The Morgan fingerprint density at radius 1 is 1.18 bits per heavy atom.